The first-order chi connectivity index (χ1) is 18.2. The predicted molar refractivity (Wildman–Crippen MR) is 138 cm³/mol. The molecule has 0 saturated carbocycles. The van der Waals surface area contributed by atoms with Gasteiger partial charge in [0.25, 0.3) is 11.5 Å². The van der Waals surface area contributed by atoms with Crippen molar-refractivity contribution in [3.05, 3.63) is 79.2 Å². The summed E-state index contributed by atoms with van der Waals surface area (Å²) in [7, 11) is 4.33. The van der Waals surface area contributed by atoms with Crippen molar-refractivity contribution in [3.63, 3.8) is 0 Å². The maximum Gasteiger partial charge on any atom is 0.433 e. The molecule has 0 aliphatic rings. The maximum atomic E-state index is 13.0. The lowest BCUT2D eigenvalue weighted by Gasteiger charge is -2.11. The van der Waals surface area contributed by atoms with Gasteiger partial charge in [0.2, 0.25) is 5.95 Å². The fraction of sp³-hybridized carbons (Fsp3) is 0.174. The zero-order chi connectivity index (χ0) is 27.4. The highest BCUT2D eigenvalue weighted by Gasteiger charge is 2.21. The van der Waals surface area contributed by atoms with Crippen molar-refractivity contribution in [3.8, 4) is 5.75 Å². The maximum absolute atomic E-state index is 13.0. The van der Waals surface area contributed by atoms with Crippen LogP contribution in [0.15, 0.2) is 61.6 Å². The van der Waals surface area contributed by atoms with Crippen molar-refractivity contribution in [2.75, 3.05) is 12.4 Å². The van der Waals surface area contributed by atoms with Crippen molar-refractivity contribution in [2.45, 2.75) is 6.54 Å². The Morgan fingerprint density at radius 1 is 1.24 bits per heavy atom. The van der Waals surface area contributed by atoms with Gasteiger partial charge in [0.15, 0.2) is 11.2 Å². The molecular formula is C23H22N8O7. The lowest BCUT2D eigenvalue weighted by atomic mass is 10.3. The Balaban J connectivity index is 1.59. The number of methoxy groups -OCH3 is 1. The molecule has 15 nitrogen and oxygen atoms in total. The SMILES string of the molecule is COc1cccc(Nc2nc3c(c(=O)n(C)c(=O)n3C)n2CC(=O)N/N=C/C=C/c2ccc([N+](=O)[O-])o2)c1. The molecule has 4 rings (SSSR count). The standard InChI is InChI=1S/C23H22N8O7/c1-28-20-19(21(33)29(2)23(28)34)30(22(26-20)25-14-6-4-7-16(12-14)37-3)13-17(32)27-24-11-5-8-15-9-10-18(38-15)31(35)36/h4-12H,13H2,1-3H3,(H,25,26)(H,27,32)/b8-5+,24-11+. The normalized spacial score (nSPS) is 11.4. The Kier molecular flexibility index (Phi) is 7.18. The molecule has 0 radical (unpaired) electrons. The first-order valence-electron chi connectivity index (χ1n) is 11.0. The third kappa shape index (κ3) is 5.20. The second-order valence-electron chi connectivity index (χ2n) is 7.86. The number of fused-ring (bicyclic) bond motifs is 1. The smallest absolute Gasteiger partial charge is 0.433 e. The highest BCUT2D eigenvalue weighted by molar-refractivity contribution is 5.83. The van der Waals surface area contributed by atoms with Crippen LogP contribution in [-0.2, 0) is 25.4 Å². The molecule has 0 bridgehead atoms. The number of aryl methyl sites for hydroxylation is 1. The van der Waals surface area contributed by atoms with Crippen molar-refractivity contribution in [1.29, 1.82) is 0 Å². The largest absolute Gasteiger partial charge is 0.497 e. The number of imidazole rings is 1. The number of hydrogen-bond donors (Lipinski definition) is 2. The summed E-state index contributed by atoms with van der Waals surface area (Å²) < 4.78 is 13.7. The number of anilines is 2. The average Bonchev–Trinajstić information content (AvgIpc) is 3.51. The third-order valence-corrected chi connectivity index (χ3v) is 5.38. The van der Waals surface area contributed by atoms with E-state index in [2.05, 4.69) is 20.8 Å². The molecule has 2 N–H and O–H groups in total. The minimum Gasteiger partial charge on any atom is -0.497 e. The summed E-state index contributed by atoms with van der Waals surface area (Å²) in [6.07, 6.45) is 4.08. The number of rotatable bonds is 9. The number of furan rings is 1. The van der Waals surface area contributed by atoms with Gasteiger partial charge in [-0.2, -0.15) is 10.1 Å². The topological polar surface area (TPSA) is 181 Å². The van der Waals surface area contributed by atoms with Crippen LogP contribution < -0.4 is 26.7 Å². The number of hydrazone groups is 1. The number of benzene rings is 1. The molecule has 3 aromatic heterocycles. The Morgan fingerprint density at radius 2 is 2.03 bits per heavy atom. The van der Waals surface area contributed by atoms with Crippen LogP contribution in [0.1, 0.15) is 5.76 Å². The summed E-state index contributed by atoms with van der Waals surface area (Å²) in [6, 6.07) is 9.57. The molecule has 1 amide bonds. The number of hydrogen-bond acceptors (Lipinski definition) is 10. The highest BCUT2D eigenvalue weighted by Crippen LogP contribution is 2.23. The van der Waals surface area contributed by atoms with Crippen LogP contribution in [0.25, 0.3) is 17.2 Å². The number of ether oxygens (including phenoxy) is 1. The lowest BCUT2D eigenvalue weighted by molar-refractivity contribution is -0.402. The van der Waals surface area contributed by atoms with Gasteiger partial charge in [0.1, 0.15) is 23.0 Å². The zero-order valence-electron chi connectivity index (χ0n) is 20.4. The van der Waals surface area contributed by atoms with E-state index in [1.54, 1.807) is 24.3 Å². The number of nitro groups is 1. The van der Waals surface area contributed by atoms with Gasteiger partial charge < -0.3 is 14.5 Å². The first kappa shape index (κ1) is 25.6. The van der Waals surface area contributed by atoms with Gasteiger partial charge in [-0.1, -0.05) is 6.07 Å². The van der Waals surface area contributed by atoms with Crippen LogP contribution >= 0.6 is 0 Å². The monoisotopic (exact) mass is 522 g/mol. The zero-order valence-corrected chi connectivity index (χ0v) is 20.4. The Bertz CT molecular complexity index is 1710. The van der Waals surface area contributed by atoms with Gasteiger partial charge in [-0.3, -0.25) is 33.4 Å². The number of nitrogens with one attached hydrogen (secondary N) is 2. The summed E-state index contributed by atoms with van der Waals surface area (Å²) >= 11 is 0. The van der Waals surface area contributed by atoms with E-state index in [4.69, 9.17) is 9.15 Å². The molecule has 38 heavy (non-hydrogen) atoms. The molecule has 3 heterocycles. The molecule has 15 heteroatoms. The van der Waals surface area contributed by atoms with E-state index >= 15 is 0 Å². The van der Waals surface area contributed by atoms with Gasteiger partial charge in [-0.25, -0.2) is 10.2 Å². The van der Waals surface area contributed by atoms with Crippen molar-refractivity contribution >= 4 is 46.9 Å². The number of amides is 1. The molecule has 0 spiro atoms. The quantitative estimate of drug-likeness (QED) is 0.187. The molecule has 4 aromatic rings. The molecule has 0 unspecified atom stereocenters. The minimum atomic E-state index is -0.659. The molecule has 1 aromatic carbocycles. The second-order valence-corrected chi connectivity index (χ2v) is 7.86. The Morgan fingerprint density at radius 3 is 2.74 bits per heavy atom. The van der Waals surface area contributed by atoms with Crippen LogP contribution in [0.5, 0.6) is 5.75 Å². The van der Waals surface area contributed by atoms with Crippen LogP contribution in [0.4, 0.5) is 17.5 Å². The molecule has 196 valence electrons. The number of allylic oxidation sites excluding steroid dienone is 1. The van der Waals surface area contributed by atoms with Crippen LogP contribution in [-0.4, -0.2) is 42.8 Å². The van der Waals surface area contributed by atoms with Crippen molar-refractivity contribution < 1.29 is 18.9 Å². The van der Waals surface area contributed by atoms with Gasteiger partial charge in [-0.05, 0) is 30.4 Å². The molecule has 0 saturated heterocycles. The fourth-order valence-electron chi connectivity index (χ4n) is 3.52. The summed E-state index contributed by atoms with van der Waals surface area (Å²) in [5, 5.41) is 17.5. The Labute approximate surface area is 213 Å². The number of carbonyl (C=O) groups is 1. The van der Waals surface area contributed by atoms with Crippen LogP contribution in [0.2, 0.25) is 0 Å². The van der Waals surface area contributed by atoms with Gasteiger partial charge >= 0.3 is 11.6 Å². The molecule has 0 fully saturated rings. The summed E-state index contributed by atoms with van der Waals surface area (Å²) in [6.45, 7) is -0.359. The molecule has 0 aliphatic carbocycles. The van der Waals surface area contributed by atoms with E-state index in [1.807, 2.05) is 0 Å². The lowest BCUT2D eigenvalue weighted by Crippen LogP contribution is -2.38. The van der Waals surface area contributed by atoms with E-state index < -0.39 is 28.0 Å². The van der Waals surface area contributed by atoms with Crippen molar-refractivity contribution in [1.82, 2.24) is 24.1 Å². The van der Waals surface area contributed by atoms with Crippen LogP contribution in [0.3, 0.4) is 0 Å². The van der Waals surface area contributed by atoms with E-state index in [0.29, 0.717) is 11.4 Å². The molecular weight excluding hydrogens is 500 g/mol. The van der Waals surface area contributed by atoms with E-state index in [-0.39, 0.29) is 29.4 Å². The van der Waals surface area contributed by atoms with Gasteiger partial charge in [-0.15, -0.1) is 0 Å². The summed E-state index contributed by atoms with van der Waals surface area (Å²) in [4.78, 5) is 52.5. The van der Waals surface area contributed by atoms with E-state index in [9.17, 15) is 24.5 Å². The summed E-state index contributed by atoms with van der Waals surface area (Å²) in [5.74, 6) is -0.0408. The van der Waals surface area contributed by atoms with E-state index in [1.165, 1.54) is 60.8 Å². The first-order valence-corrected chi connectivity index (χ1v) is 11.0. The number of carbonyl (C=O) groups excluding carboxylic acids is 1. The van der Waals surface area contributed by atoms with E-state index in [0.717, 1.165) is 4.57 Å². The number of nitrogens with zero attached hydrogens (tertiary/aromatic N) is 6. The van der Waals surface area contributed by atoms with Gasteiger partial charge in [0, 0.05) is 32.1 Å². The highest BCUT2D eigenvalue weighted by atomic mass is 16.6. The average molecular weight is 522 g/mol. The summed E-state index contributed by atoms with van der Waals surface area (Å²) in [5.41, 5.74) is 1.85. The second kappa shape index (κ2) is 10.7. The van der Waals surface area contributed by atoms with Crippen LogP contribution in [0, 0.1) is 10.1 Å². The Hall–Kier alpha value is -5.47. The molecule has 0 atom stereocenters. The predicted octanol–water partition coefficient (Wildman–Crippen LogP) is 1.50. The minimum absolute atomic E-state index is 0.0402. The molecule has 0 aliphatic heterocycles. The van der Waals surface area contributed by atoms with Crippen molar-refractivity contribution in [2.24, 2.45) is 19.2 Å². The fourth-order valence-corrected chi connectivity index (χ4v) is 3.52. The van der Waals surface area contributed by atoms with Gasteiger partial charge in [0.05, 0.1) is 13.2 Å². The number of aromatic nitrogens is 4. The third-order valence-electron chi connectivity index (χ3n) is 5.38.